The number of anilines is 1. The van der Waals surface area contributed by atoms with Gasteiger partial charge in [-0.2, -0.15) is 4.98 Å². The monoisotopic (exact) mass is 408 g/mol. The molecule has 0 aliphatic heterocycles. The summed E-state index contributed by atoms with van der Waals surface area (Å²) in [5.41, 5.74) is 1.32. The van der Waals surface area contributed by atoms with E-state index in [-0.39, 0.29) is 11.6 Å². The Labute approximate surface area is 170 Å². The highest BCUT2D eigenvalue weighted by atomic mass is 32.2. The molecule has 6 nitrogen and oxygen atoms in total. The number of thioether (sulfide) groups is 1. The molecule has 146 valence electrons. The standard InChI is InChI=1S/C21H17FN4O2S/c1-14-23-20(25-28-14)13-29-19-7-3-2-6-16(19)21(27)24-18-12-15(8-9-17(18)22)26-10-4-5-11-26/h2-12H,13H2,1H3,(H,24,27). The van der Waals surface area contributed by atoms with Gasteiger partial charge in [0.1, 0.15) is 5.82 Å². The number of nitrogens with one attached hydrogen (secondary N) is 1. The molecule has 0 aliphatic rings. The van der Waals surface area contributed by atoms with E-state index >= 15 is 0 Å². The summed E-state index contributed by atoms with van der Waals surface area (Å²) in [5, 5.41) is 6.54. The minimum Gasteiger partial charge on any atom is -0.340 e. The molecule has 29 heavy (non-hydrogen) atoms. The molecule has 1 amide bonds. The molecule has 2 aromatic heterocycles. The molecule has 1 N–H and O–H groups in total. The maximum atomic E-state index is 14.3. The van der Waals surface area contributed by atoms with E-state index in [1.54, 1.807) is 31.2 Å². The summed E-state index contributed by atoms with van der Waals surface area (Å²) < 4.78 is 21.1. The van der Waals surface area contributed by atoms with Crippen LogP contribution in [0.25, 0.3) is 5.69 Å². The van der Waals surface area contributed by atoms with Gasteiger partial charge in [0.05, 0.1) is 17.0 Å². The van der Waals surface area contributed by atoms with E-state index in [1.165, 1.54) is 17.8 Å². The Morgan fingerprint density at radius 2 is 1.97 bits per heavy atom. The van der Waals surface area contributed by atoms with Gasteiger partial charge in [-0.3, -0.25) is 4.79 Å². The van der Waals surface area contributed by atoms with Crippen LogP contribution in [-0.4, -0.2) is 20.6 Å². The number of aromatic nitrogens is 3. The van der Waals surface area contributed by atoms with Crippen molar-refractivity contribution in [3.05, 3.63) is 90.1 Å². The fourth-order valence-corrected chi connectivity index (χ4v) is 3.68. The fourth-order valence-electron chi connectivity index (χ4n) is 2.79. The molecule has 0 atom stereocenters. The number of benzene rings is 2. The van der Waals surface area contributed by atoms with Gasteiger partial charge in [0.2, 0.25) is 5.89 Å². The lowest BCUT2D eigenvalue weighted by atomic mass is 10.2. The Hall–Kier alpha value is -3.39. The van der Waals surface area contributed by atoms with E-state index in [1.807, 2.05) is 41.2 Å². The summed E-state index contributed by atoms with van der Waals surface area (Å²) in [6.07, 6.45) is 3.70. The molecule has 0 fully saturated rings. The second-order valence-electron chi connectivity index (χ2n) is 6.22. The van der Waals surface area contributed by atoms with Gasteiger partial charge in [-0.05, 0) is 42.5 Å². The Morgan fingerprint density at radius 3 is 2.72 bits per heavy atom. The lowest BCUT2D eigenvalue weighted by molar-refractivity contribution is 0.102. The van der Waals surface area contributed by atoms with Gasteiger partial charge in [0.15, 0.2) is 5.82 Å². The summed E-state index contributed by atoms with van der Waals surface area (Å²) in [6, 6.07) is 15.5. The maximum absolute atomic E-state index is 14.3. The van der Waals surface area contributed by atoms with Crippen molar-refractivity contribution in [2.24, 2.45) is 0 Å². The van der Waals surface area contributed by atoms with Crippen LogP contribution in [-0.2, 0) is 5.75 Å². The number of rotatable bonds is 6. The zero-order valence-electron chi connectivity index (χ0n) is 15.5. The largest absolute Gasteiger partial charge is 0.340 e. The predicted octanol–water partition coefficient (Wildman–Crippen LogP) is 4.85. The average Bonchev–Trinajstić information content (AvgIpc) is 3.40. The summed E-state index contributed by atoms with van der Waals surface area (Å²) in [4.78, 5) is 17.8. The quantitative estimate of drug-likeness (QED) is 0.462. The van der Waals surface area contributed by atoms with Crippen LogP contribution in [0.15, 0.2) is 76.4 Å². The van der Waals surface area contributed by atoms with E-state index in [0.717, 1.165) is 10.6 Å². The van der Waals surface area contributed by atoms with E-state index < -0.39 is 5.82 Å². The second-order valence-corrected chi connectivity index (χ2v) is 7.24. The SMILES string of the molecule is Cc1nc(CSc2ccccc2C(=O)Nc2cc(-n3cccc3)ccc2F)no1. The molecular formula is C21H17FN4O2S. The van der Waals surface area contributed by atoms with Crippen molar-refractivity contribution in [3.63, 3.8) is 0 Å². The van der Waals surface area contributed by atoms with E-state index in [9.17, 15) is 9.18 Å². The maximum Gasteiger partial charge on any atom is 0.256 e. The third-order valence-electron chi connectivity index (χ3n) is 4.16. The lowest BCUT2D eigenvalue weighted by Gasteiger charge is -2.12. The third-order valence-corrected chi connectivity index (χ3v) is 5.23. The Bertz CT molecular complexity index is 1140. The van der Waals surface area contributed by atoms with E-state index in [4.69, 9.17) is 4.52 Å². The van der Waals surface area contributed by atoms with Gasteiger partial charge in [0, 0.05) is 29.9 Å². The van der Waals surface area contributed by atoms with Crippen LogP contribution in [0.4, 0.5) is 10.1 Å². The van der Waals surface area contributed by atoms with Crippen molar-refractivity contribution in [1.82, 2.24) is 14.7 Å². The van der Waals surface area contributed by atoms with Crippen LogP contribution in [0, 0.1) is 12.7 Å². The molecule has 4 aromatic rings. The summed E-state index contributed by atoms with van der Waals surface area (Å²) in [5.74, 6) is 0.611. The summed E-state index contributed by atoms with van der Waals surface area (Å²) in [7, 11) is 0. The molecule has 8 heteroatoms. The first-order chi connectivity index (χ1) is 14.1. The molecule has 2 aromatic carbocycles. The van der Waals surface area contributed by atoms with Crippen LogP contribution in [0.5, 0.6) is 0 Å². The van der Waals surface area contributed by atoms with Crippen LogP contribution < -0.4 is 5.32 Å². The van der Waals surface area contributed by atoms with Gasteiger partial charge in [-0.15, -0.1) is 11.8 Å². The topological polar surface area (TPSA) is 73.0 Å². The van der Waals surface area contributed by atoms with Gasteiger partial charge in [-0.1, -0.05) is 17.3 Å². The molecule has 0 radical (unpaired) electrons. The molecule has 0 bridgehead atoms. The molecule has 0 aliphatic carbocycles. The van der Waals surface area contributed by atoms with Crippen molar-refractivity contribution in [2.75, 3.05) is 5.32 Å². The van der Waals surface area contributed by atoms with Crippen molar-refractivity contribution in [1.29, 1.82) is 0 Å². The van der Waals surface area contributed by atoms with Crippen molar-refractivity contribution >= 4 is 23.4 Å². The zero-order valence-corrected chi connectivity index (χ0v) is 16.3. The highest BCUT2D eigenvalue weighted by Crippen LogP contribution is 2.27. The highest BCUT2D eigenvalue weighted by molar-refractivity contribution is 7.98. The normalized spacial score (nSPS) is 10.8. The van der Waals surface area contributed by atoms with Crippen LogP contribution in [0.3, 0.4) is 0 Å². The number of aryl methyl sites for hydroxylation is 1. The summed E-state index contributed by atoms with van der Waals surface area (Å²) >= 11 is 1.41. The van der Waals surface area contributed by atoms with Crippen molar-refractivity contribution < 1.29 is 13.7 Å². The minimum absolute atomic E-state index is 0.120. The first-order valence-electron chi connectivity index (χ1n) is 8.85. The molecule has 2 heterocycles. The second kappa shape index (κ2) is 8.32. The highest BCUT2D eigenvalue weighted by Gasteiger charge is 2.15. The lowest BCUT2D eigenvalue weighted by Crippen LogP contribution is -2.14. The Kier molecular flexibility index (Phi) is 5.44. The number of nitrogens with zero attached hydrogens (tertiary/aromatic N) is 3. The van der Waals surface area contributed by atoms with Crippen molar-refractivity contribution in [2.45, 2.75) is 17.6 Å². The number of halogens is 1. The van der Waals surface area contributed by atoms with Gasteiger partial charge in [-0.25, -0.2) is 4.39 Å². The molecule has 4 rings (SSSR count). The number of hydrogen-bond acceptors (Lipinski definition) is 5. The first kappa shape index (κ1) is 18.9. The first-order valence-corrected chi connectivity index (χ1v) is 9.84. The minimum atomic E-state index is -0.498. The van der Waals surface area contributed by atoms with Gasteiger partial charge < -0.3 is 14.4 Å². The Balaban J connectivity index is 1.54. The number of amides is 1. The van der Waals surface area contributed by atoms with E-state index in [2.05, 4.69) is 15.5 Å². The third kappa shape index (κ3) is 4.38. The number of hydrogen-bond donors (Lipinski definition) is 1. The van der Waals surface area contributed by atoms with Crippen LogP contribution in [0.2, 0.25) is 0 Å². The number of carbonyl (C=O) groups is 1. The average molecular weight is 408 g/mol. The zero-order chi connectivity index (χ0) is 20.2. The number of carbonyl (C=O) groups excluding carboxylic acids is 1. The molecule has 0 spiro atoms. The smallest absolute Gasteiger partial charge is 0.256 e. The summed E-state index contributed by atoms with van der Waals surface area (Å²) in [6.45, 7) is 1.72. The van der Waals surface area contributed by atoms with Gasteiger partial charge >= 0.3 is 0 Å². The molecule has 0 saturated heterocycles. The fraction of sp³-hybridized carbons (Fsp3) is 0.0952. The molecule has 0 unspecified atom stereocenters. The van der Waals surface area contributed by atoms with Crippen LogP contribution >= 0.6 is 11.8 Å². The van der Waals surface area contributed by atoms with Crippen LogP contribution in [0.1, 0.15) is 22.1 Å². The molecular weight excluding hydrogens is 391 g/mol. The van der Waals surface area contributed by atoms with Crippen molar-refractivity contribution in [3.8, 4) is 5.69 Å². The van der Waals surface area contributed by atoms with Gasteiger partial charge in [0.25, 0.3) is 5.91 Å². The predicted molar refractivity (Wildman–Crippen MR) is 109 cm³/mol. The van der Waals surface area contributed by atoms with E-state index in [0.29, 0.717) is 23.0 Å². The molecule has 0 saturated carbocycles. The Morgan fingerprint density at radius 1 is 1.17 bits per heavy atom.